The summed E-state index contributed by atoms with van der Waals surface area (Å²) >= 11 is 0. The third-order valence-electron chi connectivity index (χ3n) is 12.8. The molecule has 10 rings (SSSR count). The van der Waals surface area contributed by atoms with E-state index in [9.17, 15) is 0 Å². The Bertz CT molecular complexity index is 965. The van der Waals surface area contributed by atoms with Gasteiger partial charge < -0.3 is 28.4 Å². The molecule has 0 aromatic carbocycles. The van der Waals surface area contributed by atoms with Crippen LogP contribution in [0.25, 0.3) is 0 Å². The molecule has 0 N–H and O–H groups in total. The lowest BCUT2D eigenvalue weighted by Gasteiger charge is -2.60. The Labute approximate surface area is 249 Å². The first kappa shape index (κ1) is 29.0. The van der Waals surface area contributed by atoms with Crippen molar-refractivity contribution in [3.63, 3.8) is 0 Å². The average molecular weight is 595 g/mol. The van der Waals surface area contributed by atoms with Crippen molar-refractivity contribution < 1.29 is 48.0 Å². The molecule has 0 aromatic heterocycles. The van der Waals surface area contributed by atoms with Crippen LogP contribution in [0.2, 0.25) is 0 Å². The first-order valence-corrected chi connectivity index (χ1v) is 16.7. The van der Waals surface area contributed by atoms with Gasteiger partial charge in [0.05, 0.1) is 13.2 Å². The zero-order chi connectivity index (χ0) is 29.1. The minimum absolute atomic E-state index is 0.129. The fraction of sp³-hybridized carbons (Fsp3) is 1.00. The predicted octanol–water partition coefficient (Wildman–Crippen LogP) is 5.44. The number of ether oxygens (including phenoxy) is 6. The molecule has 4 bridgehead atoms. The zero-order valence-corrected chi connectivity index (χ0v) is 26.1. The van der Waals surface area contributed by atoms with Crippen molar-refractivity contribution in [2.24, 2.45) is 47.3 Å². The molecule has 2 spiro atoms. The summed E-state index contributed by atoms with van der Waals surface area (Å²) in [5.41, 5.74) is -1.17. The van der Waals surface area contributed by atoms with Crippen LogP contribution in [0.4, 0.5) is 0 Å². The van der Waals surface area contributed by atoms with Crippen molar-refractivity contribution in [2.75, 3.05) is 13.2 Å². The Balaban J connectivity index is 0.934. The van der Waals surface area contributed by atoms with Gasteiger partial charge in [-0.15, -0.1) is 0 Å². The van der Waals surface area contributed by atoms with E-state index in [4.69, 9.17) is 48.0 Å². The highest BCUT2D eigenvalue weighted by molar-refractivity contribution is 5.10. The van der Waals surface area contributed by atoms with Crippen molar-refractivity contribution in [1.82, 2.24) is 0 Å². The lowest BCUT2D eigenvalue weighted by Crippen LogP contribution is -2.70. The molecule has 10 aliphatic rings. The third-order valence-corrected chi connectivity index (χ3v) is 12.8. The minimum atomic E-state index is -0.793. The van der Waals surface area contributed by atoms with Crippen molar-refractivity contribution in [3.05, 3.63) is 0 Å². The van der Waals surface area contributed by atoms with E-state index < -0.39 is 47.9 Å². The second-order valence-electron chi connectivity index (χ2n) is 15.3. The molecule has 0 aromatic rings. The molecule has 16 atom stereocenters. The second kappa shape index (κ2) is 10.0. The van der Waals surface area contributed by atoms with Crippen LogP contribution in [0.3, 0.4) is 0 Å². The fourth-order valence-corrected chi connectivity index (χ4v) is 10.5. The van der Waals surface area contributed by atoms with Crippen LogP contribution in [-0.4, -0.2) is 61.2 Å². The van der Waals surface area contributed by atoms with Gasteiger partial charge in [-0.2, -0.15) is 0 Å². The monoisotopic (exact) mass is 594 g/mol. The summed E-state index contributed by atoms with van der Waals surface area (Å²) in [6, 6.07) is 0. The molecule has 8 saturated heterocycles. The Kier molecular flexibility index (Phi) is 6.95. The maximum Gasteiger partial charge on any atom is 0.201 e. The van der Waals surface area contributed by atoms with Gasteiger partial charge in [0.15, 0.2) is 36.4 Å². The molecule has 10 nitrogen and oxygen atoms in total. The Morgan fingerprint density at radius 1 is 0.548 bits per heavy atom. The Morgan fingerprint density at radius 2 is 0.976 bits per heavy atom. The summed E-state index contributed by atoms with van der Waals surface area (Å²) in [5.74, 6) is 0.881. The number of hydrogen-bond donors (Lipinski definition) is 0. The van der Waals surface area contributed by atoms with Gasteiger partial charge in [-0.05, 0) is 76.0 Å². The summed E-state index contributed by atoms with van der Waals surface area (Å²) < 4.78 is 38.9. The van der Waals surface area contributed by atoms with Crippen LogP contribution in [0.1, 0.15) is 92.9 Å². The molecule has 42 heavy (non-hydrogen) atoms. The van der Waals surface area contributed by atoms with Crippen LogP contribution >= 0.6 is 0 Å². The van der Waals surface area contributed by atoms with Gasteiger partial charge in [-0.25, -0.2) is 19.6 Å². The van der Waals surface area contributed by atoms with E-state index in [0.29, 0.717) is 36.9 Å². The molecule has 0 amide bonds. The summed E-state index contributed by atoms with van der Waals surface area (Å²) in [6.45, 7) is 13.8. The summed E-state index contributed by atoms with van der Waals surface area (Å²) in [7, 11) is 0. The first-order chi connectivity index (χ1) is 20.1. The summed E-state index contributed by atoms with van der Waals surface area (Å²) in [5, 5.41) is 0. The SMILES string of the molecule is C[C@H]1C(OCCOC2OC3O[C@]4(C)CCC5[C@@H](C)CCC([C@H]2C)C35OO4)OC2O[C@]3(C)CCC4[C@@H](C)CCC1C24OO3. The highest BCUT2D eigenvalue weighted by atomic mass is 17.3. The number of fused-ring (bicyclic) bond motifs is 4. The normalized spacial score (nSPS) is 59.9. The highest BCUT2D eigenvalue weighted by Crippen LogP contribution is 2.62. The van der Waals surface area contributed by atoms with Crippen LogP contribution in [0.15, 0.2) is 0 Å². The zero-order valence-electron chi connectivity index (χ0n) is 26.1. The number of hydrogen-bond acceptors (Lipinski definition) is 10. The molecular weight excluding hydrogens is 544 g/mol. The molecule has 10 heteroatoms. The van der Waals surface area contributed by atoms with Crippen molar-refractivity contribution >= 4 is 0 Å². The topological polar surface area (TPSA) is 92.3 Å². The first-order valence-electron chi connectivity index (χ1n) is 16.7. The van der Waals surface area contributed by atoms with E-state index in [2.05, 4.69) is 27.7 Å². The van der Waals surface area contributed by atoms with Gasteiger partial charge in [-0.1, -0.05) is 27.7 Å². The summed E-state index contributed by atoms with van der Waals surface area (Å²) in [4.78, 5) is 24.4. The second-order valence-corrected chi connectivity index (χ2v) is 15.3. The van der Waals surface area contributed by atoms with E-state index in [1.807, 2.05) is 13.8 Å². The average Bonchev–Trinajstić information content (AvgIpc) is 3.33. The van der Waals surface area contributed by atoms with E-state index in [-0.39, 0.29) is 23.7 Å². The highest BCUT2D eigenvalue weighted by Gasteiger charge is 2.71. The molecule has 8 heterocycles. The molecule has 2 saturated carbocycles. The largest absolute Gasteiger partial charge is 0.350 e. The fourth-order valence-electron chi connectivity index (χ4n) is 10.5. The lowest BCUT2D eigenvalue weighted by atomic mass is 9.58. The van der Waals surface area contributed by atoms with Gasteiger partial charge in [0.25, 0.3) is 0 Å². The molecule has 8 aliphatic heterocycles. The van der Waals surface area contributed by atoms with Crippen molar-refractivity contribution in [3.8, 4) is 0 Å². The molecule has 0 radical (unpaired) electrons. The number of rotatable bonds is 5. The Morgan fingerprint density at radius 3 is 1.40 bits per heavy atom. The molecular formula is C32H50O10. The van der Waals surface area contributed by atoms with Gasteiger partial charge in [0.2, 0.25) is 11.6 Å². The van der Waals surface area contributed by atoms with Crippen LogP contribution in [0.5, 0.6) is 0 Å². The predicted molar refractivity (Wildman–Crippen MR) is 146 cm³/mol. The van der Waals surface area contributed by atoms with Gasteiger partial charge >= 0.3 is 0 Å². The molecule has 10 fully saturated rings. The maximum absolute atomic E-state index is 6.58. The van der Waals surface area contributed by atoms with Crippen LogP contribution in [0, 0.1) is 47.3 Å². The van der Waals surface area contributed by atoms with Gasteiger partial charge in [0.1, 0.15) is 0 Å². The van der Waals surface area contributed by atoms with E-state index in [1.165, 1.54) is 12.8 Å². The van der Waals surface area contributed by atoms with Crippen LogP contribution < -0.4 is 0 Å². The summed E-state index contributed by atoms with van der Waals surface area (Å²) in [6.07, 6.45) is 6.21. The smallest absolute Gasteiger partial charge is 0.201 e. The van der Waals surface area contributed by atoms with Gasteiger partial charge in [-0.3, -0.25) is 0 Å². The lowest BCUT2D eigenvalue weighted by molar-refractivity contribution is -0.578. The molecule has 238 valence electrons. The standard InChI is InChI=1S/C32H50O10/c1-17-7-9-23-19(3)25(35-27-31(23)21(17)11-13-29(5,37-27)39-41-31)33-15-16-34-26-20(4)24-10-8-18(2)22-12-14-30(6)38-28(36-26)32(22,24)42-40-30/h17-28H,7-16H2,1-6H3/t17-,18-,19+,20+,21?,22?,23?,24?,25?,26?,27?,28?,29-,30-,31?,32?/m0/s1. The van der Waals surface area contributed by atoms with E-state index in [1.54, 1.807) is 0 Å². The molecule has 10 unspecified atom stereocenters. The Hall–Kier alpha value is -0.400. The quantitative estimate of drug-likeness (QED) is 0.303. The van der Waals surface area contributed by atoms with E-state index in [0.717, 1.165) is 38.5 Å². The van der Waals surface area contributed by atoms with Crippen LogP contribution in [-0.2, 0) is 48.0 Å². The molecule has 2 aliphatic carbocycles. The minimum Gasteiger partial charge on any atom is -0.350 e. The van der Waals surface area contributed by atoms with Gasteiger partial charge in [0, 0.05) is 36.5 Å². The third kappa shape index (κ3) is 4.06. The van der Waals surface area contributed by atoms with Crippen molar-refractivity contribution in [1.29, 1.82) is 0 Å². The van der Waals surface area contributed by atoms with Crippen molar-refractivity contribution in [2.45, 2.75) is 141 Å². The van der Waals surface area contributed by atoms with E-state index >= 15 is 0 Å². The maximum atomic E-state index is 6.58.